The van der Waals surface area contributed by atoms with Crippen LogP contribution >= 0.6 is 0 Å². The molecular formula is C13H14N2. The summed E-state index contributed by atoms with van der Waals surface area (Å²) in [6.07, 6.45) is 3.67. The van der Waals surface area contributed by atoms with Crippen LogP contribution in [0.4, 0.5) is 5.69 Å². The monoisotopic (exact) mass is 198 g/mol. The van der Waals surface area contributed by atoms with Gasteiger partial charge in [-0.05, 0) is 30.2 Å². The molecule has 15 heavy (non-hydrogen) atoms. The Morgan fingerprint density at radius 1 is 1.13 bits per heavy atom. The van der Waals surface area contributed by atoms with Gasteiger partial charge in [-0.1, -0.05) is 24.3 Å². The standard InChI is InChI=1S/C13H14N2/c1-11-5-2-3-7-13(11)15-10-12-6-4-8-14-9-12/h2-9,15H,10H2,1H3. The Bertz CT molecular complexity index is 424. The predicted octanol–water partition coefficient (Wildman–Crippen LogP) is 3.00. The van der Waals surface area contributed by atoms with Crippen molar-refractivity contribution in [2.75, 3.05) is 5.32 Å². The highest BCUT2D eigenvalue weighted by Gasteiger charge is 1.95. The number of hydrogen-bond acceptors (Lipinski definition) is 2. The smallest absolute Gasteiger partial charge is 0.0416 e. The minimum absolute atomic E-state index is 0.818. The molecule has 0 fully saturated rings. The van der Waals surface area contributed by atoms with Crippen LogP contribution in [0.1, 0.15) is 11.1 Å². The Labute approximate surface area is 90.0 Å². The molecule has 0 aliphatic rings. The maximum atomic E-state index is 4.08. The van der Waals surface area contributed by atoms with E-state index in [0.29, 0.717) is 0 Å². The quantitative estimate of drug-likeness (QED) is 0.820. The minimum atomic E-state index is 0.818. The van der Waals surface area contributed by atoms with Gasteiger partial charge in [0.25, 0.3) is 0 Å². The van der Waals surface area contributed by atoms with E-state index in [1.165, 1.54) is 16.8 Å². The molecule has 0 unspecified atom stereocenters. The van der Waals surface area contributed by atoms with E-state index in [0.717, 1.165) is 6.54 Å². The Hall–Kier alpha value is -1.83. The highest BCUT2D eigenvalue weighted by molar-refractivity contribution is 5.50. The van der Waals surface area contributed by atoms with Gasteiger partial charge in [-0.3, -0.25) is 4.98 Å². The van der Waals surface area contributed by atoms with Crippen molar-refractivity contribution in [1.82, 2.24) is 4.98 Å². The van der Waals surface area contributed by atoms with Gasteiger partial charge < -0.3 is 5.32 Å². The maximum Gasteiger partial charge on any atom is 0.0416 e. The first kappa shape index (κ1) is 9.71. The van der Waals surface area contributed by atoms with Gasteiger partial charge in [0.1, 0.15) is 0 Å². The molecule has 0 amide bonds. The second-order valence-electron chi connectivity index (χ2n) is 3.53. The van der Waals surface area contributed by atoms with Crippen molar-refractivity contribution < 1.29 is 0 Å². The zero-order chi connectivity index (χ0) is 10.5. The summed E-state index contributed by atoms with van der Waals surface area (Å²) in [5.74, 6) is 0. The fourth-order valence-corrected chi connectivity index (χ4v) is 1.47. The van der Waals surface area contributed by atoms with Crippen LogP contribution in [0.3, 0.4) is 0 Å². The van der Waals surface area contributed by atoms with Gasteiger partial charge in [-0.15, -0.1) is 0 Å². The maximum absolute atomic E-state index is 4.08. The second-order valence-corrected chi connectivity index (χ2v) is 3.53. The summed E-state index contributed by atoms with van der Waals surface area (Å²) in [4.78, 5) is 4.08. The molecule has 1 aromatic heterocycles. The van der Waals surface area contributed by atoms with Crippen LogP contribution in [0.2, 0.25) is 0 Å². The number of aryl methyl sites for hydroxylation is 1. The summed E-state index contributed by atoms with van der Waals surface area (Å²) in [6, 6.07) is 12.3. The van der Waals surface area contributed by atoms with Crippen molar-refractivity contribution in [3.05, 3.63) is 59.9 Å². The number of nitrogens with zero attached hydrogens (tertiary/aromatic N) is 1. The van der Waals surface area contributed by atoms with Crippen LogP contribution in [-0.4, -0.2) is 4.98 Å². The number of pyridine rings is 1. The highest BCUT2D eigenvalue weighted by atomic mass is 14.9. The lowest BCUT2D eigenvalue weighted by atomic mass is 10.2. The first-order valence-corrected chi connectivity index (χ1v) is 5.04. The number of nitrogens with one attached hydrogen (secondary N) is 1. The molecule has 0 atom stereocenters. The zero-order valence-electron chi connectivity index (χ0n) is 8.77. The zero-order valence-corrected chi connectivity index (χ0v) is 8.77. The molecule has 0 saturated heterocycles. The molecule has 2 rings (SSSR count). The van der Waals surface area contributed by atoms with Gasteiger partial charge in [0.15, 0.2) is 0 Å². The molecule has 0 aliphatic carbocycles. The lowest BCUT2D eigenvalue weighted by molar-refractivity contribution is 1.11. The molecule has 2 heteroatoms. The van der Waals surface area contributed by atoms with Gasteiger partial charge in [0.05, 0.1) is 0 Å². The Balaban J connectivity index is 2.03. The van der Waals surface area contributed by atoms with E-state index in [1.807, 2.05) is 24.4 Å². The molecule has 0 spiro atoms. The van der Waals surface area contributed by atoms with E-state index in [2.05, 4.69) is 35.4 Å². The van der Waals surface area contributed by atoms with Gasteiger partial charge >= 0.3 is 0 Å². The first-order chi connectivity index (χ1) is 7.36. The topological polar surface area (TPSA) is 24.9 Å². The Morgan fingerprint density at radius 2 is 2.00 bits per heavy atom. The molecule has 0 radical (unpaired) electrons. The van der Waals surface area contributed by atoms with Crippen LogP contribution in [0.25, 0.3) is 0 Å². The lowest BCUT2D eigenvalue weighted by Crippen LogP contribution is -2.00. The molecule has 0 saturated carbocycles. The third-order valence-electron chi connectivity index (χ3n) is 2.35. The summed E-state index contributed by atoms with van der Waals surface area (Å²) in [5.41, 5.74) is 3.64. The largest absolute Gasteiger partial charge is 0.381 e. The van der Waals surface area contributed by atoms with Crippen LogP contribution < -0.4 is 5.32 Å². The van der Waals surface area contributed by atoms with E-state index < -0.39 is 0 Å². The molecule has 1 aromatic carbocycles. The third kappa shape index (κ3) is 2.56. The predicted molar refractivity (Wildman–Crippen MR) is 62.7 cm³/mol. The van der Waals surface area contributed by atoms with Crippen molar-refractivity contribution in [3.63, 3.8) is 0 Å². The summed E-state index contributed by atoms with van der Waals surface area (Å²) in [6.45, 7) is 2.92. The number of aromatic nitrogens is 1. The normalized spacial score (nSPS) is 9.93. The lowest BCUT2D eigenvalue weighted by Gasteiger charge is -2.08. The molecule has 0 aliphatic heterocycles. The number of rotatable bonds is 3. The third-order valence-corrected chi connectivity index (χ3v) is 2.35. The van der Waals surface area contributed by atoms with E-state index in [4.69, 9.17) is 0 Å². The van der Waals surface area contributed by atoms with Crippen molar-refractivity contribution in [2.24, 2.45) is 0 Å². The van der Waals surface area contributed by atoms with Gasteiger partial charge in [0, 0.05) is 24.6 Å². The molecule has 76 valence electrons. The number of anilines is 1. The van der Waals surface area contributed by atoms with Crippen LogP contribution in [-0.2, 0) is 6.54 Å². The van der Waals surface area contributed by atoms with Crippen molar-refractivity contribution in [3.8, 4) is 0 Å². The van der Waals surface area contributed by atoms with Gasteiger partial charge in [-0.25, -0.2) is 0 Å². The number of benzene rings is 1. The number of hydrogen-bond donors (Lipinski definition) is 1. The SMILES string of the molecule is Cc1ccccc1NCc1cccnc1. The van der Waals surface area contributed by atoms with Crippen molar-refractivity contribution in [2.45, 2.75) is 13.5 Å². The van der Waals surface area contributed by atoms with Gasteiger partial charge in [-0.2, -0.15) is 0 Å². The summed E-state index contributed by atoms with van der Waals surface area (Å²) < 4.78 is 0. The van der Waals surface area contributed by atoms with Crippen molar-refractivity contribution >= 4 is 5.69 Å². The van der Waals surface area contributed by atoms with Crippen LogP contribution in [0.15, 0.2) is 48.8 Å². The Kier molecular flexibility index (Phi) is 2.98. The summed E-state index contributed by atoms with van der Waals surface area (Å²) in [5, 5.41) is 3.39. The van der Waals surface area contributed by atoms with Crippen LogP contribution in [0, 0.1) is 6.92 Å². The van der Waals surface area contributed by atoms with Crippen molar-refractivity contribution in [1.29, 1.82) is 0 Å². The molecule has 0 bridgehead atoms. The fourth-order valence-electron chi connectivity index (χ4n) is 1.47. The minimum Gasteiger partial charge on any atom is -0.381 e. The molecular weight excluding hydrogens is 184 g/mol. The summed E-state index contributed by atoms with van der Waals surface area (Å²) >= 11 is 0. The molecule has 2 aromatic rings. The molecule has 1 heterocycles. The second kappa shape index (κ2) is 4.60. The fraction of sp³-hybridized carbons (Fsp3) is 0.154. The highest BCUT2D eigenvalue weighted by Crippen LogP contribution is 2.13. The first-order valence-electron chi connectivity index (χ1n) is 5.04. The average molecular weight is 198 g/mol. The van der Waals surface area contributed by atoms with Gasteiger partial charge in [0.2, 0.25) is 0 Å². The van der Waals surface area contributed by atoms with E-state index in [1.54, 1.807) is 6.20 Å². The van der Waals surface area contributed by atoms with Crippen LogP contribution in [0.5, 0.6) is 0 Å². The number of para-hydroxylation sites is 1. The average Bonchev–Trinajstić information content (AvgIpc) is 2.29. The Morgan fingerprint density at radius 3 is 2.73 bits per heavy atom. The molecule has 1 N–H and O–H groups in total. The van der Waals surface area contributed by atoms with E-state index in [-0.39, 0.29) is 0 Å². The van der Waals surface area contributed by atoms with E-state index in [9.17, 15) is 0 Å². The van der Waals surface area contributed by atoms with E-state index >= 15 is 0 Å². The molecule has 2 nitrogen and oxygen atoms in total. The summed E-state index contributed by atoms with van der Waals surface area (Å²) in [7, 11) is 0.